The molecule has 0 atom stereocenters. The summed E-state index contributed by atoms with van der Waals surface area (Å²) in [6, 6.07) is 2.00. The monoisotopic (exact) mass is 132 g/mol. The molecule has 0 N–H and O–H groups in total. The summed E-state index contributed by atoms with van der Waals surface area (Å²) in [7, 11) is 0. The van der Waals surface area contributed by atoms with Crippen LogP contribution >= 0.6 is 0 Å². The van der Waals surface area contributed by atoms with E-state index in [-0.39, 0.29) is 0 Å². The third kappa shape index (κ3) is 0.652. The lowest BCUT2D eigenvalue weighted by Gasteiger charge is -1.98. The molecule has 0 bridgehead atoms. The number of hydrogen-bond acceptors (Lipinski definition) is 2. The Hall–Kier alpha value is -1.18. The molecular formula is C8H8N2. The SMILES string of the molecule is Cc1nccc2c1CN=C2. The molecule has 0 aliphatic carbocycles. The highest BCUT2D eigenvalue weighted by Crippen LogP contribution is 2.15. The van der Waals surface area contributed by atoms with Crippen molar-refractivity contribution in [2.24, 2.45) is 4.99 Å². The maximum absolute atomic E-state index is 4.17. The van der Waals surface area contributed by atoms with Crippen LogP contribution in [-0.2, 0) is 6.54 Å². The summed E-state index contributed by atoms with van der Waals surface area (Å²) < 4.78 is 0. The Kier molecular flexibility index (Phi) is 1.07. The van der Waals surface area contributed by atoms with Crippen LogP contribution in [0.2, 0.25) is 0 Å². The zero-order valence-corrected chi connectivity index (χ0v) is 5.83. The minimum atomic E-state index is 0.814. The van der Waals surface area contributed by atoms with Gasteiger partial charge in [0.15, 0.2) is 0 Å². The van der Waals surface area contributed by atoms with Gasteiger partial charge in [-0.15, -0.1) is 0 Å². The maximum atomic E-state index is 4.17. The first-order valence-corrected chi connectivity index (χ1v) is 3.32. The molecule has 2 heterocycles. The Morgan fingerprint density at radius 1 is 1.50 bits per heavy atom. The number of pyridine rings is 1. The van der Waals surface area contributed by atoms with Gasteiger partial charge in [-0.25, -0.2) is 0 Å². The predicted octanol–water partition coefficient (Wildman–Crippen LogP) is 1.32. The van der Waals surface area contributed by atoms with E-state index in [0.29, 0.717) is 0 Å². The summed E-state index contributed by atoms with van der Waals surface area (Å²) in [6.07, 6.45) is 3.73. The Morgan fingerprint density at radius 3 is 3.20 bits per heavy atom. The average molecular weight is 132 g/mol. The van der Waals surface area contributed by atoms with Crippen molar-refractivity contribution in [3.63, 3.8) is 0 Å². The van der Waals surface area contributed by atoms with Crippen LogP contribution < -0.4 is 0 Å². The summed E-state index contributed by atoms with van der Waals surface area (Å²) in [5.74, 6) is 0. The standard InChI is InChI=1S/C8H8N2/c1-6-8-5-9-4-7(8)2-3-10-6/h2-4H,5H2,1H3. The highest BCUT2D eigenvalue weighted by molar-refractivity contribution is 5.84. The molecule has 0 fully saturated rings. The number of hydrogen-bond donors (Lipinski definition) is 0. The van der Waals surface area contributed by atoms with Gasteiger partial charge in [-0.1, -0.05) is 0 Å². The first-order valence-electron chi connectivity index (χ1n) is 3.32. The normalized spacial score (nSPS) is 13.7. The number of rotatable bonds is 0. The van der Waals surface area contributed by atoms with Crippen molar-refractivity contribution in [2.45, 2.75) is 13.5 Å². The summed E-state index contributed by atoms with van der Waals surface area (Å²) in [5.41, 5.74) is 3.62. The van der Waals surface area contributed by atoms with E-state index in [1.807, 2.05) is 25.4 Å². The molecule has 10 heavy (non-hydrogen) atoms. The minimum Gasteiger partial charge on any atom is -0.288 e. The van der Waals surface area contributed by atoms with E-state index >= 15 is 0 Å². The van der Waals surface area contributed by atoms with Gasteiger partial charge in [0.25, 0.3) is 0 Å². The van der Waals surface area contributed by atoms with Crippen LogP contribution in [-0.4, -0.2) is 11.2 Å². The van der Waals surface area contributed by atoms with E-state index in [9.17, 15) is 0 Å². The van der Waals surface area contributed by atoms with Gasteiger partial charge in [-0.3, -0.25) is 9.98 Å². The lowest BCUT2D eigenvalue weighted by atomic mass is 10.1. The quantitative estimate of drug-likeness (QED) is 0.522. The van der Waals surface area contributed by atoms with Crippen LogP contribution in [0.25, 0.3) is 0 Å². The number of nitrogens with zero attached hydrogens (tertiary/aromatic N) is 2. The van der Waals surface area contributed by atoms with Crippen molar-refractivity contribution < 1.29 is 0 Å². The summed E-state index contributed by atoms with van der Waals surface area (Å²) >= 11 is 0. The van der Waals surface area contributed by atoms with E-state index in [1.54, 1.807) is 0 Å². The highest BCUT2D eigenvalue weighted by Gasteiger charge is 2.07. The first kappa shape index (κ1) is 5.59. The Balaban J connectivity index is 2.66. The second-order valence-electron chi connectivity index (χ2n) is 2.43. The van der Waals surface area contributed by atoms with E-state index in [1.165, 1.54) is 11.1 Å². The lowest BCUT2D eigenvalue weighted by molar-refractivity contribution is 1.04. The molecule has 0 amide bonds. The Morgan fingerprint density at radius 2 is 2.40 bits per heavy atom. The van der Waals surface area contributed by atoms with Gasteiger partial charge in [0.2, 0.25) is 0 Å². The molecule has 0 radical (unpaired) electrons. The molecule has 1 aromatic heterocycles. The van der Waals surface area contributed by atoms with Gasteiger partial charge < -0.3 is 0 Å². The molecule has 2 rings (SSSR count). The fourth-order valence-electron chi connectivity index (χ4n) is 1.18. The van der Waals surface area contributed by atoms with Crippen molar-refractivity contribution in [1.82, 2.24) is 4.98 Å². The van der Waals surface area contributed by atoms with Crippen LogP contribution in [0.1, 0.15) is 16.8 Å². The molecule has 1 aliphatic heterocycles. The second-order valence-corrected chi connectivity index (χ2v) is 2.43. The molecule has 0 saturated carbocycles. The zero-order valence-electron chi connectivity index (χ0n) is 5.83. The van der Waals surface area contributed by atoms with Gasteiger partial charge in [0.05, 0.1) is 6.54 Å². The van der Waals surface area contributed by atoms with Crippen LogP contribution in [0.3, 0.4) is 0 Å². The fraction of sp³-hybridized carbons (Fsp3) is 0.250. The lowest BCUT2D eigenvalue weighted by Crippen LogP contribution is -1.90. The largest absolute Gasteiger partial charge is 0.288 e. The Labute approximate surface area is 59.6 Å². The van der Waals surface area contributed by atoms with Crippen molar-refractivity contribution in [3.05, 3.63) is 29.1 Å². The first-order chi connectivity index (χ1) is 4.88. The topological polar surface area (TPSA) is 25.2 Å². The van der Waals surface area contributed by atoms with E-state index in [0.717, 1.165) is 12.2 Å². The third-order valence-electron chi connectivity index (χ3n) is 1.79. The van der Waals surface area contributed by atoms with E-state index < -0.39 is 0 Å². The predicted molar refractivity (Wildman–Crippen MR) is 40.3 cm³/mol. The number of aliphatic imine (C=N–C) groups is 1. The minimum absolute atomic E-state index is 0.814. The van der Waals surface area contributed by atoms with Crippen molar-refractivity contribution in [1.29, 1.82) is 0 Å². The fourth-order valence-corrected chi connectivity index (χ4v) is 1.18. The van der Waals surface area contributed by atoms with Crippen molar-refractivity contribution in [3.8, 4) is 0 Å². The molecule has 0 spiro atoms. The Bertz CT molecular complexity index is 289. The van der Waals surface area contributed by atoms with Crippen molar-refractivity contribution in [2.75, 3.05) is 0 Å². The molecule has 0 aromatic carbocycles. The van der Waals surface area contributed by atoms with Crippen LogP contribution in [0.4, 0.5) is 0 Å². The third-order valence-corrected chi connectivity index (χ3v) is 1.79. The maximum Gasteiger partial charge on any atom is 0.0664 e. The molecular weight excluding hydrogens is 124 g/mol. The summed E-state index contributed by atoms with van der Waals surface area (Å²) in [4.78, 5) is 8.32. The zero-order chi connectivity index (χ0) is 6.97. The molecule has 2 heteroatoms. The van der Waals surface area contributed by atoms with Crippen molar-refractivity contribution >= 4 is 6.21 Å². The van der Waals surface area contributed by atoms with Gasteiger partial charge in [0, 0.05) is 29.2 Å². The molecule has 0 saturated heterocycles. The molecule has 1 aliphatic rings. The second kappa shape index (κ2) is 1.90. The van der Waals surface area contributed by atoms with E-state index in [4.69, 9.17) is 0 Å². The van der Waals surface area contributed by atoms with Crippen LogP contribution in [0.5, 0.6) is 0 Å². The number of fused-ring (bicyclic) bond motifs is 1. The van der Waals surface area contributed by atoms with Gasteiger partial charge in [0.1, 0.15) is 0 Å². The number of aryl methyl sites for hydroxylation is 1. The molecule has 2 nitrogen and oxygen atoms in total. The highest BCUT2D eigenvalue weighted by atomic mass is 14.8. The molecule has 1 aromatic rings. The molecule has 50 valence electrons. The number of aromatic nitrogens is 1. The van der Waals surface area contributed by atoms with Gasteiger partial charge in [-0.05, 0) is 13.0 Å². The van der Waals surface area contributed by atoms with Gasteiger partial charge >= 0.3 is 0 Å². The van der Waals surface area contributed by atoms with Crippen LogP contribution in [0.15, 0.2) is 17.3 Å². The average Bonchev–Trinajstić information content (AvgIpc) is 2.36. The summed E-state index contributed by atoms with van der Waals surface area (Å²) in [6.45, 7) is 2.84. The molecule has 0 unspecified atom stereocenters. The smallest absolute Gasteiger partial charge is 0.0664 e. The van der Waals surface area contributed by atoms with Gasteiger partial charge in [-0.2, -0.15) is 0 Å². The van der Waals surface area contributed by atoms with E-state index in [2.05, 4.69) is 9.98 Å². The summed E-state index contributed by atoms with van der Waals surface area (Å²) in [5, 5.41) is 0. The van der Waals surface area contributed by atoms with Crippen LogP contribution in [0, 0.1) is 6.92 Å².